The summed E-state index contributed by atoms with van der Waals surface area (Å²) in [5.74, 6) is 0.464. The van der Waals surface area contributed by atoms with Crippen LogP contribution >= 0.6 is 12.2 Å². The molecule has 1 heterocycles. The third kappa shape index (κ3) is 4.83. The van der Waals surface area contributed by atoms with Gasteiger partial charge in [0, 0.05) is 11.3 Å². The highest BCUT2D eigenvalue weighted by Gasteiger charge is 2.12. The van der Waals surface area contributed by atoms with Gasteiger partial charge in [-0.05, 0) is 67.7 Å². The molecule has 3 N–H and O–H groups in total. The van der Waals surface area contributed by atoms with E-state index in [1.807, 2.05) is 60.7 Å². The number of hydrazine groups is 1. The summed E-state index contributed by atoms with van der Waals surface area (Å²) >= 11 is 5.18. The molecular formula is C21H20N4O2S. The molecule has 1 amide bonds. The van der Waals surface area contributed by atoms with Gasteiger partial charge in [-0.15, -0.1) is 0 Å². The number of thiocarbonyl (C=S) groups is 1. The first-order valence-corrected chi connectivity index (χ1v) is 9.02. The van der Waals surface area contributed by atoms with E-state index in [4.69, 9.17) is 17.0 Å². The fraction of sp³-hybridized carbons (Fsp3) is 0.0952. The Morgan fingerprint density at radius 2 is 1.68 bits per heavy atom. The van der Waals surface area contributed by atoms with Crippen LogP contribution in [0.1, 0.15) is 16.1 Å². The number of aryl methyl sites for hydroxylation is 1. The van der Waals surface area contributed by atoms with Crippen LogP contribution < -0.4 is 20.9 Å². The molecule has 3 rings (SSSR count). The number of para-hydroxylation sites is 1. The molecule has 2 aromatic carbocycles. The zero-order valence-corrected chi connectivity index (χ0v) is 16.3. The van der Waals surface area contributed by atoms with Gasteiger partial charge < -0.3 is 10.1 Å². The molecule has 1 aromatic heterocycles. The lowest BCUT2D eigenvalue weighted by Gasteiger charge is -2.13. The van der Waals surface area contributed by atoms with E-state index >= 15 is 0 Å². The van der Waals surface area contributed by atoms with Crippen LogP contribution in [0.5, 0.6) is 5.75 Å². The van der Waals surface area contributed by atoms with Crippen LogP contribution in [0.15, 0.2) is 66.7 Å². The molecule has 0 aliphatic heterocycles. The molecule has 142 valence electrons. The number of benzene rings is 2. The number of carbonyl (C=O) groups is 1. The lowest BCUT2D eigenvalue weighted by molar-refractivity contribution is 0.0943. The Kier molecular flexibility index (Phi) is 6.18. The number of nitrogens with zero attached hydrogens (tertiary/aromatic N) is 1. The lowest BCUT2D eigenvalue weighted by atomic mass is 10.1. The molecule has 7 heteroatoms. The standard InChI is InChI=1S/C21H20N4O2S/c1-14-18(12-13-19(22-14)15-8-10-17(27-2)11-9-15)20(26)24-25-21(28)23-16-6-4-3-5-7-16/h3-13H,1-2H3,(H,24,26)(H2,23,25,28). The number of pyridine rings is 1. The molecule has 28 heavy (non-hydrogen) atoms. The fourth-order valence-electron chi connectivity index (χ4n) is 2.59. The van der Waals surface area contributed by atoms with E-state index in [1.165, 1.54) is 0 Å². The van der Waals surface area contributed by atoms with E-state index in [-0.39, 0.29) is 5.91 Å². The molecule has 0 spiro atoms. The molecular weight excluding hydrogens is 372 g/mol. The summed E-state index contributed by atoms with van der Waals surface area (Å²) in [5.41, 5.74) is 8.92. The van der Waals surface area contributed by atoms with Gasteiger partial charge in [0.25, 0.3) is 5.91 Å². The Bertz CT molecular complexity index is 975. The number of aromatic nitrogens is 1. The second kappa shape index (κ2) is 8.96. The number of hydrogen-bond acceptors (Lipinski definition) is 4. The number of amides is 1. The molecule has 0 fully saturated rings. The number of anilines is 1. The average Bonchev–Trinajstić information content (AvgIpc) is 2.73. The largest absolute Gasteiger partial charge is 0.497 e. The summed E-state index contributed by atoms with van der Waals surface area (Å²) in [4.78, 5) is 17.0. The van der Waals surface area contributed by atoms with Crippen molar-refractivity contribution in [2.24, 2.45) is 0 Å². The molecule has 0 aliphatic carbocycles. The summed E-state index contributed by atoms with van der Waals surface area (Å²) in [5, 5.41) is 3.27. The highest BCUT2D eigenvalue weighted by Crippen LogP contribution is 2.22. The highest BCUT2D eigenvalue weighted by molar-refractivity contribution is 7.80. The van der Waals surface area contributed by atoms with Crippen molar-refractivity contribution >= 4 is 28.9 Å². The van der Waals surface area contributed by atoms with E-state index in [0.717, 1.165) is 22.7 Å². The zero-order valence-electron chi connectivity index (χ0n) is 15.5. The lowest BCUT2D eigenvalue weighted by Crippen LogP contribution is -2.44. The van der Waals surface area contributed by atoms with Crippen molar-refractivity contribution < 1.29 is 9.53 Å². The quantitative estimate of drug-likeness (QED) is 0.464. The number of rotatable bonds is 4. The maximum Gasteiger partial charge on any atom is 0.271 e. The summed E-state index contributed by atoms with van der Waals surface area (Å²) in [6, 6.07) is 20.6. The van der Waals surface area contributed by atoms with Gasteiger partial charge in [-0.2, -0.15) is 0 Å². The van der Waals surface area contributed by atoms with Gasteiger partial charge in [0.1, 0.15) is 5.75 Å². The minimum absolute atomic E-state index is 0.292. The van der Waals surface area contributed by atoms with Crippen LogP contribution in [0.4, 0.5) is 5.69 Å². The van der Waals surface area contributed by atoms with Crippen LogP contribution in [0, 0.1) is 6.92 Å². The highest BCUT2D eigenvalue weighted by atomic mass is 32.1. The minimum Gasteiger partial charge on any atom is -0.497 e. The second-order valence-corrected chi connectivity index (χ2v) is 6.37. The van der Waals surface area contributed by atoms with E-state index < -0.39 is 0 Å². The van der Waals surface area contributed by atoms with Crippen molar-refractivity contribution in [2.45, 2.75) is 6.92 Å². The van der Waals surface area contributed by atoms with Crippen molar-refractivity contribution in [3.05, 3.63) is 78.0 Å². The van der Waals surface area contributed by atoms with Crippen LogP contribution in [-0.2, 0) is 0 Å². The Hall–Kier alpha value is -3.45. The third-order valence-electron chi connectivity index (χ3n) is 4.04. The third-order valence-corrected chi connectivity index (χ3v) is 4.24. The van der Waals surface area contributed by atoms with Crippen LogP contribution in [-0.4, -0.2) is 23.1 Å². The van der Waals surface area contributed by atoms with E-state index in [2.05, 4.69) is 21.2 Å². The first-order valence-electron chi connectivity index (χ1n) is 8.61. The molecule has 3 aromatic rings. The fourth-order valence-corrected chi connectivity index (χ4v) is 2.76. The number of carbonyl (C=O) groups excluding carboxylic acids is 1. The SMILES string of the molecule is COc1ccc(-c2ccc(C(=O)NNC(=S)Nc3ccccc3)c(C)n2)cc1. The van der Waals surface area contributed by atoms with Crippen molar-refractivity contribution in [2.75, 3.05) is 12.4 Å². The van der Waals surface area contributed by atoms with E-state index in [9.17, 15) is 4.79 Å². The predicted molar refractivity (Wildman–Crippen MR) is 114 cm³/mol. The monoisotopic (exact) mass is 392 g/mol. The Balaban J connectivity index is 1.62. The van der Waals surface area contributed by atoms with Gasteiger partial charge in [0.15, 0.2) is 5.11 Å². The molecule has 0 radical (unpaired) electrons. The average molecular weight is 392 g/mol. The number of methoxy groups -OCH3 is 1. The van der Waals surface area contributed by atoms with Crippen molar-refractivity contribution in [1.29, 1.82) is 0 Å². The molecule has 0 aliphatic rings. The molecule has 0 atom stereocenters. The van der Waals surface area contributed by atoms with Gasteiger partial charge in [-0.3, -0.25) is 20.6 Å². The van der Waals surface area contributed by atoms with Crippen LogP contribution in [0.3, 0.4) is 0 Å². The van der Waals surface area contributed by atoms with Gasteiger partial charge >= 0.3 is 0 Å². The van der Waals surface area contributed by atoms with E-state index in [0.29, 0.717) is 16.4 Å². The molecule has 0 unspecified atom stereocenters. The van der Waals surface area contributed by atoms with E-state index in [1.54, 1.807) is 20.1 Å². The topological polar surface area (TPSA) is 75.3 Å². The van der Waals surface area contributed by atoms with Crippen LogP contribution in [0.2, 0.25) is 0 Å². The Labute approximate surface area is 168 Å². The van der Waals surface area contributed by atoms with Crippen molar-refractivity contribution in [1.82, 2.24) is 15.8 Å². The summed E-state index contributed by atoms with van der Waals surface area (Å²) in [7, 11) is 1.62. The zero-order chi connectivity index (χ0) is 19.9. The Morgan fingerprint density at radius 1 is 0.964 bits per heavy atom. The smallest absolute Gasteiger partial charge is 0.271 e. The first kappa shape index (κ1) is 19.3. The summed E-state index contributed by atoms with van der Waals surface area (Å²) < 4.78 is 5.17. The number of nitrogens with one attached hydrogen (secondary N) is 3. The van der Waals surface area contributed by atoms with Crippen LogP contribution in [0.25, 0.3) is 11.3 Å². The van der Waals surface area contributed by atoms with Gasteiger partial charge in [-0.25, -0.2) is 0 Å². The minimum atomic E-state index is -0.316. The molecule has 0 saturated heterocycles. The maximum absolute atomic E-state index is 12.4. The van der Waals surface area contributed by atoms with Gasteiger partial charge in [-0.1, -0.05) is 18.2 Å². The predicted octanol–water partition coefficient (Wildman–Crippen LogP) is 3.70. The Morgan fingerprint density at radius 3 is 2.32 bits per heavy atom. The second-order valence-electron chi connectivity index (χ2n) is 5.96. The van der Waals surface area contributed by atoms with Gasteiger partial charge in [0.2, 0.25) is 0 Å². The molecule has 6 nitrogen and oxygen atoms in total. The summed E-state index contributed by atoms with van der Waals surface area (Å²) in [6.07, 6.45) is 0. The molecule has 0 saturated carbocycles. The summed E-state index contributed by atoms with van der Waals surface area (Å²) in [6.45, 7) is 1.79. The van der Waals surface area contributed by atoms with Crippen molar-refractivity contribution in [3.63, 3.8) is 0 Å². The number of ether oxygens (including phenoxy) is 1. The number of hydrogen-bond donors (Lipinski definition) is 3. The normalized spacial score (nSPS) is 10.1. The maximum atomic E-state index is 12.4. The molecule has 0 bridgehead atoms. The first-order chi connectivity index (χ1) is 13.6. The van der Waals surface area contributed by atoms with Gasteiger partial charge in [0.05, 0.1) is 24.1 Å². The van der Waals surface area contributed by atoms with Crippen molar-refractivity contribution in [3.8, 4) is 17.0 Å².